The van der Waals surface area contributed by atoms with Crippen LogP contribution in [-0.4, -0.2) is 36.6 Å². The van der Waals surface area contributed by atoms with Gasteiger partial charge in [0, 0.05) is 12.2 Å². The average Bonchev–Trinajstić information content (AvgIpc) is 2.43. The number of carboxylic acid groups (broad SMARTS) is 1. The summed E-state index contributed by atoms with van der Waals surface area (Å²) in [4.78, 5) is 25.0. The Hall–Kier alpha value is -1.88. The number of hydrogen-bond donors (Lipinski definition) is 2. The molecule has 0 fully saturated rings. The van der Waals surface area contributed by atoms with E-state index in [1.165, 1.54) is 0 Å². The standard InChI is InChI=1S/C14H18N2O3/c1-2-15-9-13(17)16-8-7-11(14(18)19)10-5-3-4-6-12(10)16/h3-6,11,15H,2,7-9H2,1H3,(H,18,19). The number of fused-ring (bicyclic) bond motifs is 1. The van der Waals surface area contributed by atoms with Crippen molar-refractivity contribution in [1.29, 1.82) is 0 Å². The molecule has 0 aliphatic carbocycles. The summed E-state index contributed by atoms with van der Waals surface area (Å²) in [5.74, 6) is -1.36. The molecule has 0 aromatic heterocycles. The molecule has 1 amide bonds. The summed E-state index contributed by atoms with van der Waals surface area (Å²) >= 11 is 0. The molecule has 5 nitrogen and oxygen atoms in total. The molecule has 0 bridgehead atoms. The summed E-state index contributed by atoms with van der Waals surface area (Å²) < 4.78 is 0. The zero-order valence-corrected chi connectivity index (χ0v) is 10.9. The van der Waals surface area contributed by atoms with Gasteiger partial charge in [-0.05, 0) is 24.6 Å². The van der Waals surface area contributed by atoms with Crippen molar-refractivity contribution in [2.45, 2.75) is 19.3 Å². The number of carbonyl (C=O) groups excluding carboxylic acids is 1. The maximum atomic E-state index is 12.1. The highest BCUT2D eigenvalue weighted by Gasteiger charge is 2.31. The number of likely N-dealkylation sites (N-methyl/N-ethyl adjacent to an activating group) is 1. The SMILES string of the molecule is CCNCC(=O)N1CCC(C(=O)O)c2ccccc21. The van der Waals surface area contributed by atoms with Crippen molar-refractivity contribution in [2.24, 2.45) is 0 Å². The lowest BCUT2D eigenvalue weighted by molar-refractivity contribution is -0.139. The van der Waals surface area contributed by atoms with Crippen molar-refractivity contribution in [2.75, 3.05) is 24.5 Å². The Morgan fingerprint density at radius 3 is 2.84 bits per heavy atom. The maximum absolute atomic E-state index is 12.1. The molecular weight excluding hydrogens is 244 g/mol. The molecule has 2 rings (SSSR count). The number of nitrogens with zero attached hydrogens (tertiary/aromatic N) is 1. The monoisotopic (exact) mass is 262 g/mol. The molecule has 19 heavy (non-hydrogen) atoms. The zero-order chi connectivity index (χ0) is 13.8. The highest BCUT2D eigenvalue weighted by molar-refractivity contribution is 5.97. The van der Waals surface area contributed by atoms with E-state index < -0.39 is 11.9 Å². The summed E-state index contributed by atoms with van der Waals surface area (Å²) in [6, 6.07) is 7.25. The van der Waals surface area contributed by atoms with E-state index in [1.54, 1.807) is 11.0 Å². The predicted octanol–water partition coefficient (Wildman–Crippen LogP) is 1.20. The van der Waals surface area contributed by atoms with E-state index in [0.717, 1.165) is 17.8 Å². The molecule has 0 spiro atoms. The minimum Gasteiger partial charge on any atom is -0.481 e. The van der Waals surface area contributed by atoms with E-state index in [1.807, 2.05) is 25.1 Å². The molecule has 2 N–H and O–H groups in total. The second-order valence-electron chi connectivity index (χ2n) is 4.56. The van der Waals surface area contributed by atoms with Gasteiger partial charge in [-0.3, -0.25) is 9.59 Å². The Bertz CT molecular complexity index is 487. The van der Waals surface area contributed by atoms with Crippen LogP contribution in [0.5, 0.6) is 0 Å². The molecule has 1 aliphatic heterocycles. The number of nitrogens with one attached hydrogen (secondary N) is 1. The van der Waals surface area contributed by atoms with Gasteiger partial charge in [0.05, 0.1) is 12.5 Å². The van der Waals surface area contributed by atoms with E-state index in [9.17, 15) is 14.7 Å². The normalized spacial score (nSPS) is 17.9. The summed E-state index contributed by atoms with van der Waals surface area (Å²) in [5.41, 5.74) is 1.45. The summed E-state index contributed by atoms with van der Waals surface area (Å²) in [7, 11) is 0. The Labute approximate surface area is 112 Å². The fraction of sp³-hybridized carbons (Fsp3) is 0.429. The van der Waals surface area contributed by atoms with Crippen molar-refractivity contribution >= 4 is 17.6 Å². The quantitative estimate of drug-likeness (QED) is 0.855. The van der Waals surface area contributed by atoms with Crippen molar-refractivity contribution in [3.05, 3.63) is 29.8 Å². The molecular formula is C14H18N2O3. The van der Waals surface area contributed by atoms with Crippen molar-refractivity contribution in [1.82, 2.24) is 5.32 Å². The Kier molecular flexibility index (Phi) is 4.16. The Morgan fingerprint density at radius 1 is 1.42 bits per heavy atom. The average molecular weight is 262 g/mol. The largest absolute Gasteiger partial charge is 0.481 e. The summed E-state index contributed by atoms with van der Waals surface area (Å²) in [6.07, 6.45) is 0.463. The van der Waals surface area contributed by atoms with Gasteiger partial charge in [0.25, 0.3) is 0 Å². The molecule has 0 saturated heterocycles. The van der Waals surface area contributed by atoms with E-state index in [2.05, 4.69) is 5.32 Å². The van der Waals surface area contributed by atoms with Gasteiger partial charge in [0.1, 0.15) is 0 Å². The van der Waals surface area contributed by atoms with Crippen LogP contribution in [0, 0.1) is 0 Å². The van der Waals surface area contributed by atoms with Crippen molar-refractivity contribution in [3.8, 4) is 0 Å². The number of aliphatic carboxylic acids is 1. The zero-order valence-electron chi connectivity index (χ0n) is 10.9. The van der Waals surface area contributed by atoms with Crippen LogP contribution in [0.15, 0.2) is 24.3 Å². The lowest BCUT2D eigenvalue weighted by atomic mass is 9.90. The van der Waals surface area contributed by atoms with Crippen LogP contribution >= 0.6 is 0 Å². The van der Waals surface area contributed by atoms with Gasteiger partial charge >= 0.3 is 5.97 Å². The smallest absolute Gasteiger partial charge is 0.311 e. The van der Waals surface area contributed by atoms with Crippen LogP contribution in [0.4, 0.5) is 5.69 Å². The minimum absolute atomic E-state index is 0.0156. The number of amides is 1. The van der Waals surface area contributed by atoms with Gasteiger partial charge in [0.15, 0.2) is 0 Å². The van der Waals surface area contributed by atoms with E-state index >= 15 is 0 Å². The van der Waals surface area contributed by atoms with E-state index in [0.29, 0.717) is 13.0 Å². The van der Waals surface area contributed by atoms with Crippen LogP contribution in [-0.2, 0) is 9.59 Å². The predicted molar refractivity (Wildman–Crippen MR) is 72.3 cm³/mol. The number of anilines is 1. The van der Waals surface area contributed by atoms with Gasteiger partial charge in [-0.15, -0.1) is 0 Å². The lowest BCUT2D eigenvalue weighted by Gasteiger charge is -2.32. The molecule has 1 aromatic rings. The van der Waals surface area contributed by atoms with Crippen molar-refractivity contribution in [3.63, 3.8) is 0 Å². The number of benzene rings is 1. The van der Waals surface area contributed by atoms with Crippen LogP contribution in [0.1, 0.15) is 24.8 Å². The minimum atomic E-state index is -0.828. The number of rotatable bonds is 4. The Balaban J connectivity index is 2.27. The van der Waals surface area contributed by atoms with Gasteiger partial charge in [-0.2, -0.15) is 0 Å². The molecule has 1 heterocycles. The van der Waals surface area contributed by atoms with Gasteiger partial charge in [0.2, 0.25) is 5.91 Å². The molecule has 1 unspecified atom stereocenters. The van der Waals surface area contributed by atoms with Gasteiger partial charge in [-0.1, -0.05) is 25.1 Å². The maximum Gasteiger partial charge on any atom is 0.311 e. The molecule has 0 radical (unpaired) electrons. The third-order valence-corrected chi connectivity index (χ3v) is 3.37. The summed E-state index contributed by atoms with van der Waals surface area (Å²) in [5, 5.41) is 12.2. The second kappa shape index (κ2) is 5.84. The molecule has 1 atom stereocenters. The topological polar surface area (TPSA) is 69.6 Å². The molecule has 0 saturated carbocycles. The fourth-order valence-electron chi connectivity index (χ4n) is 2.41. The molecule has 1 aromatic carbocycles. The molecule has 1 aliphatic rings. The van der Waals surface area contributed by atoms with E-state index in [-0.39, 0.29) is 12.5 Å². The first-order valence-electron chi connectivity index (χ1n) is 6.48. The lowest BCUT2D eigenvalue weighted by Crippen LogP contribution is -2.42. The first-order chi connectivity index (χ1) is 9.15. The molecule has 5 heteroatoms. The van der Waals surface area contributed by atoms with Crippen molar-refractivity contribution < 1.29 is 14.7 Å². The number of para-hydroxylation sites is 1. The van der Waals surface area contributed by atoms with E-state index in [4.69, 9.17) is 0 Å². The van der Waals surface area contributed by atoms with Gasteiger partial charge < -0.3 is 15.3 Å². The number of carboxylic acids is 1. The number of carbonyl (C=O) groups is 2. The summed E-state index contributed by atoms with van der Waals surface area (Å²) in [6.45, 7) is 3.41. The molecule has 102 valence electrons. The number of hydrogen-bond acceptors (Lipinski definition) is 3. The fourth-order valence-corrected chi connectivity index (χ4v) is 2.41. The second-order valence-corrected chi connectivity index (χ2v) is 4.56. The highest BCUT2D eigenvalue weighted by Crippen LogP contribution is 2.35. The third-order valence-electron chi connectivity index (χ3n) is 3.37. The van der Waals surface area contributed by atoms with Gasteiger partial charge in [-0.25, -0.2) is 0 Å². The van der Waals surface area contributed by atoms with Crippen LogP contribution < -0.4 is 10.2 Å². The first kappa shape index (κ1) is 13.5. The van der Waals surface area contributed by atoms with Crippen LogP contribution in [0.2, 0.25) is 0 Å². The highest BCUT2D eigenvalue weighted by atomic mass is 16.4. The third kappa shape index (κ3) is 2.76. The first-order valence-corrected chi connectivity index (χ1v) is 6.48. The van der Waals surface area contributed by atoms with Crippen LogP contribution in [0.3, 0.4) is 0 Å². The van der Waals surface area contributed by atoms with Crippen LogP contribution in [0.25, 0.3) is 0 Å². The Morgan fingerprint density at radius 2 is 2.16 bits per heavy atom.